The van der Waals surface area contributed by atoms with Gasteiger partial charge in [0.05, 0.1) is 5.75 Å². The van der Waals surface area contributed by atoms with E-state index >= 15 is 0 Å². The zero-order valence-electron chi connectivity index (χ0n) is 19.6. The van der Waals surface area contributed by atoms with Crippen LogP contribution < -0.4 is 10.1 Å². The maximum Gasteiger partial charge on any atom is 0.236 e. The van der Waals surface area contributed by atoms with Crippen molar-refractivity contribution in [2.24, 2.45) is 0 Å². The average Bonchev–Trinajstić information content (AvgIpc) is 3.46. The summed E-state index contributed by atoms with van der Waals surface area (Å²) in [6, 6.07) is 6.00. The van der Waals surface area contributed by atoms with Crippen LogP contribution in [0.3, 0.4) is 0 Å². The van der Waals surface area contributed by atoms with Gasteiger partial charge in [0, 0.05) is 12.5 Å². The zero-order valence-corrected chi connectivity index (χ0v) is 21.3. The van der Waals surface area contributed by atoms with Gasteiger partial charge in [-0.1, -0.05) is 54.5 Å². The molecule has 1 saturated carbocycles. The number of aryl methyl sites for hydroxylation is 2. The summed E-state index contributed by atoms with van der Waals surface area (Å²) < 4.78 is 7.84. The number of nitrogens with one attached hydrogen (secondary N) is 1. The van der Waals surface area contributed by atoms with E-state index in [2.05, 4.69) is 46.1 Å². The van der Waals surface area contributed by atoms with E-state index in [1.54, 1.807) is 6.08 Å². The number of carbonyl (C=O) groups excluding carboxylic acids is 1. The van der Waals surface area contributed by atoms with Crippen LogP contribution in [0.2, 0.25) is 0 Å². The van der Waals surface area contributed by atoms with Crippen LogP contribution in [0.4, 0.5) is 5.13 Å². The largest absolute Gasteiger partial charge is 0.486 e. The molecule has 0 radical (unpaired) electrons. The number of nitrogens with zero attached hydrogens (tertiary/aromatic N) is 5. The lowest BCUT2D eigenvalue weighted by Gasteiger charge is -2.18. The molecule has 1 aliphatic rings. The van der Waals surface area contributed by atoms with Crippen molar-refractivity contribution >= 4 is 34.1 Å². The van der Waals surface area contributed by atoms with Gasteiger partial charge in [0.25, 0.3) is 0 Å². The number of hydrogen-bond acceptors (Lipinski definition) is 8. The standard InChI is InChI=1S/C24H30N6O2S2/c1-4-12-30-20(14-32-19-11-10-16(2)17(3)13-19)26-29-24(30)33-15-21(31)25-23-28-27-22(34-23)18-8-6-5-7-9-18/h4,10-11,13,18H,1,5-9,12,14-15H2,2-3H3,(H,25,28,31). The third-order valence-electron chi connectivity index (χ3n) is 5.93. The lowest BCUT2D eigenvalue weighted by atomic mass is 9.90. The molecule has 0 bridgehead atoms. The fourth-order valence-corrected chi connectivity index (χ4v) is 5.58. The normalized spacial score (nSPS) is 14.2. The predicted octanol–water partition coefficient (Wildman–Crippen LogP) is 5.29. The highest BCUT2D eigenvalue weighted by Crippen LogP contribution is 2.35. The van der Waals surface area contributed by atoms with Gasteiger partial charge in [0.2, 0.25) is 11.0 Å². The van der Waals surface area contributed by atoms with Gasteiger partial charge in [-0.05, 0) is 49.9 Å². The molecule has 1 fully saturated rings. The first-order valence-corrected chi connectivity index (χ1v) is 13.3. The summed E-state index contributed by atoms with van der Waals surface area (Å²) in [5.41, 5.74) is 2.39. The van der Waals surface area contributed by atoms with E-state index in [9.17, 15) is 4.79 Å². The minimum absolute atomic E-state index is 0.141. The second kappa shape index (κ2) is 11.6. The van der Waals surface area contributed by atoms with Crippen LogP contribution in [0.15, 0.2) is 36.0 Å². The molecule has 0 aliphatic heterocycles. The minimum Gasteiger partial charge on any atom is -0.486 e. The van der Waals surface area contributed by atoms with E-state index in [1.165, 1.54) is 53.5 Å². The highest BCUT2D eigenvalue weighted by molar-refractivity contribution is 7.99. The fourth-order valence-electron chi connectivity index (χ4n) is 3.88. The highest BCUT2D eigenvalue weighted by Gasteiger charge is 2.20. The van der Waals surface area contributed by atoms with Gasteiger partial charge >= 0.3 is 0 Å². The van der Waals surface area contributed by atoms with Crippen LogP contribution in [0, 0.1) is 13.8 Å². The number of allylic oxidation sites excluding steroid dienone is 1. The summed E-state index contributed by atoms with van der Waals surface area (Å²) in [4.78, 5) is 12.5. The number of aromatic nitrogens is 5. The molecule has 0 atom stereocenters. The molecule has 2 aromatic heterocycles. The van der Waals surface area contributed by atoms with Crippen LogP contribution >= 0.6 is 23.1 Å². The van der Waals surface area contributed by atoms with Gasteiger partial charge in [-0.25, -0.2) is 0 Å². The Kier molecular flexibility index (Phi) is 8.34. The lowest BCUT2D eigenvalue weighted by Crippen LogP contribution is -2.15. The summed E-state index contributed by atoms with van der Waals surface area (Å²) in [5, 5.41) is 22.1. The molecule has 1 aromatic carbocycles. The second-order valence-electron chi connectivity index (χ2n) is 8.45. The Hall–Kier alpha value is -2.72. The molecule has 10 heteroatoms. The molecule has 1 amide bonds. The van der Waals surface area contributed by atoms with E-state index in [0.29, 0.717) is 28.6 Å². The van der Waals surface area contributed by atoms with Crippen LogP contribution in [-0.2, 0) is 17.9 Å². The summed E-state index contributed by atoms with van der Waals surface area (Å²) in [7, 11) is 0. The summed E-state index contributed by atoms with van der Waals surface area (Å²) in [6.07, 6.45) is 7.88. The Bertz CT molecular complexity index is 1140. The van der Waals surface area contributed by atoms with Gasteiger partial charge < -0.3 is 4.74 Å². The molecule has 3 aromatic rings. The number of carbonyl (C=O) groups is 1. The van der Waals surface area contributed by atoms with Crippen molar-refractivity contribution in [3.63, 3.8) is 0 Å². The molecule has 1 N–H and O–H groups in total. The predicted molar refractivity (Wildman–Crippen MR) is 136 cm³/mol. The van der Waals surface area contributed by atoms with E-state index in [0.717, 1.165) is 23.6 Å². The van der Waals surface area contributed by atoms with Crippen LogP contribution in [0.1, 0.15) is 60.0 Å². The van der Waals surface area contributed by atoms with Crippen molar-refractivity contribution in [1.29, 1.82) is 0 Å². The first kappa shape index (κ1) is 24.4. The minimum atomic E-state index is -0.141. The Balaban J connectivity index is 1.32. The molecule has 0 spiro atoms. The average molecular weight is 499 g/mol. The summed E-state index contributed by atoms with van der Waals surface area (Å²) >= 11 is 2.81. The molecular formula is C24H30N6O2S2. The Morgan fingerprint density at radius 2 is 2.03 bits per heavy atom. The molecule has 180 valence electrons. The summed E-state index contributed by atoms with van der Waals surface area (Å²) in [6.45, 7) is 8.77. The number of rotatable bonds is 10. The van der Waals surface area contributed by atoms with Crippen molar-refractivity contribution < 1.29 is 9.53 Å². The topological polar surface area (TPSA) is 94.8 Å². The van der Waals surface area contributed by atoms with Gasteiger partial charge in [-0.2, -0.15) is 0 Å². The maximum atomic E-state index is 12.5. The first-order valence-electron chi connectivity index (χ1n) is 11.5. The molecule has 1 aliphatic carbocycles. The third kappa shape index (κ3) is 6.24. The Morgan fingerprint density at radius 1 is 1.21 bits per heavy atom. The van der Waals surface area contributed by atoms with E-state index in [-0.39, 0.29) is 18.3 Å². The van der Waals surface area contributed by atoms with E-state index in [1.807, 2.05) is 22.8 Å². The van der Waals surface area contributed by atoms with E-state index in [4.69, 9.17) is 4.74 Å². The first-order chi connectivity index (χ1) is 16.5. The van der Waals surface area contributed by atoms with Crippen LogP contribution in [-0.4, -0.2) is 36.6 Å². The van der Waals surface area contributed by atoms with E-state index < -0.39 is 0 Å². The quantitative estimate of drug-likeness (QED) is 0.300. The van der Waals surface area contributed by atoms with Crippen LogP contribution in [0.5, 0.6) is 5.75 Å². The third-order valence-corrected chi connectivity index (χ3v) is 7.89. The lowest BCUT2D eigenvalue weighted by molar-refractivity contribution is -0.113. The summed E-state index contributed by atoms with van der Waals surface area (Å²) in [5.74, 6) is 2.01. The molecule has 0 unspecified atom stereocenters. The Labute approximate surface area is 208 Å². The number of ether oxygens (including phenoxy) is 1. The number of benzene rings is 1. The van der Waals surface area contributed by atoms with Crippen LogP contribution in [0.25, 0.3) is 0 Å². The fraction of sp³-hybridized carbons (Fsp3) is 0.458. The number of thioether (sulfide) groups is 1. The monoisotopic (exact) mass is 498 g/mol. The number of amides is 1. The SMILES string of the molecule is C=CCn1c(COc2ccc(C)c(C)c2)nnc1SCC(=O)Nc1nnc(C2CCCCC2)s1. The number of hydrogen-bond donors (Lipinski definition) is 1. The van der Waals surface area contributed by atoms with Crippen molar-refractivity contribution in [2.75, 3.05) is 11.1 Å². The molecule has 0 saturated heterocycles. The van der Waals surface area contributed by atoms with Gasteiger partial charge in [0.15, 0.2) is 11.0 Å². The second-order valence-corrected chi connectivity index (χ2v) is 10.4. The molecule has 4 rings (SSSR count). The molecular weight excluding hydrogens is 468 g/mol. The van der Waals surface area contributed by atoms with Gasteiger partial charge in [-0.3, -0.25) is 14.7 Å². The van der Waals surface area contributed by atoms with Crippen molar-refractivity contribution in [3.05, 3.63) is 52.8 Å². The Morgan fingerprint density at radius 3 is 2.79 bits per heavy atom. The molecule has 34 heavy (non-hydrogen) atoms. The molecule has 8 nitrogen and oxygen atoms in total. The maximum absolute atomic E-state index is 12.5. The van der Waals surface area contributed by atoms with Crippen molar-refractivity contribution in [1.82, 2.24) is 25.0 Å². The molecule has 2 heterocycles. The zero-order chi connectivity index (χ0) is 23.9. The van der Waals surface area contributed by atoms with Crippen molar-refractivity contribution in [2.45, 2.75) is 70.2 Å². The van der Waals surface area contributed by atoms with Crippen molar-refractivity contribution in [3.8, 4) is 5.75 Å². The van der Waals surface area contributed by atoms with Gasteiger partial charge in [-0.15, -0.1) is 27.0 Å². The van der Waals surface area contributed by atoms with Gasteiger partial charge in [0.1, 0.15) is 17.4 Å². The highest BCUT2D eigenvalue weighted by atomic mass is 32.2. The smallest absolute Gasteiger partial charge is 0.236 e. The number of anilines is 1.